The lowest BCUT2D eigenvalue weighted by molar-refractivity contribution is -0.138. The predicted octanol–water partition coefficient (Wildman–Crippen LogP) is 0.247. The minimum absolute atomic E-state index is 0.00489. The number of amides is 1. The number of aromatic nitrogens is 1. The van der Waals surface area contributed by atoms with Crippen molar-refractivity contribution in [2.75, 3.05) is 13.1 Å². The fraction of sp³-hybridized carbons (Fsp3) is 0.462. The summed E-state index contributed by atoms with van der Waals surface area (Å²) in [6.07, 6.45) is 3.77. The van der Waals surface area contributed by atoms with Crippen LogP contribution in [0.4, 0.5) is 0 Å². The van der Waals surface area contributed by atoms with E-state index in [1.807, 2.05) is 17.0 Å². The third-order valence-corrected chi connectivity index (χ3v) is 3.21. The molecule has 0 aliphatic carbocycles. The van der Waals surface area contributed by atoms with Gasteiger partial charge in [0.05, 0.1) is 6.04 Å². The fourth-order valence-corrected chi connectivity index (χ4v) is 2.25. The summed E-state index contributed by atoms with van der Waals surface area (Å²) in [6, 6.07) is 3.44. The first kappa shape index (κ1) is 13.5. The topological polar surface area (TPSA) is 82.5 Å². The van der Waals surface area contributed by atoms with Crippen molar-refractivity contribution in [2.45, 2.75) is 25.4 Å². The molecule has 1 aliphatic heterocycles. The van der Waals surface area contributed by atoms with Crippen LogP contribution in [0, 0.1) is 0 Å². The molecule has 1 aliphatic rings. The first-order valence-electron chi connectivity index (χ1n) is 6.29. The predicted molar refractivity (Wildman–Crippen MR) is 68.3 cm³/mol. The number of rotatable bonds is 5. The zero-order valence-electron chi connectivity index (χ0n) is 10.6. The Hall–Kier alpha value is -1.95. The third-order valence-electron chi connectivity index (χ3n) is 3.21. The third kappa shape index (κ3) is 3.75. The molecular formula is C13H17N3O3. The van der Waals surface area contributed by atoms with Crippen LogP contribution >= 0.6 is 0 Å². The molecule has 1 aromatic rings. The molecule has 19 heavy (non-hydrogen) atoms. The summed E-state index contributed by atoms with van der Waals surface area (Å²) in [5.41, 5.74) is 1.07. The van der Waals surface area contributed by atoms with Gasteiger partial charge in [-0.05, 0) is 24.1 Å². The molecule has 0 bridgehead atoms. The van der Waals surface area contributed by atoms with Crippen LogP contribution in [-0.2, 0) is 16.1 Å². The lowest BCUT2D eigenvalue weighted by Gasteiger charge is -2.34. The van der Waals surface area contributed by atoms with E-state index >= 15 is 0 Å². The Morgan fingerprint density at radius 3 is 2.89 bits per heavy atom. The molecular weight excluding hydrogens is 246 g/mol. The summed E-state index contributed by atoms with van der Waals surface area (Å²) in [7, 11) is 0. The number of nitrogens with zero attached hydrogens (tertiary/aromatic N) is 2. The molecule has 1 amide bonds. The zero-order valence-corrected chi connectivity index (χ0v) is 10.6. The lowest BCUT2D eigenvalue weighted by Crippen LogP contribution is -2.54. The molecule has 2 N–H and O–H groups in total. The summed E-state index contributed by atoms with van der Waals surface area (Å²) in [5.74, 6) is -0.955. The Kier molecular flexibility index (Phi) is 4.46. The molecule has 0 radical (unpaired) electrons. The Bertz CT molecular complexity index is 450. The fourth-order valence-electron chi connectivity index (χ4n) is 2.25. The highest BCUT2D eigenvalue weighted by Gasteiger charge is 2.29. The van der Waals surface area contributed by atoms with Crippen LogP contribution < -0.4 is 5.32 Å². The van der Waals surface area contributed by atoms with Gasteiger partial charge in [0, 0.05) is 38.4 Å². The number of carbonyl (C=O) groups is 2. The largest absolute Gasteiger partial charge is 0.481 e. The first-order chi connectivity index (χ1) is 9.16. The molecule has 102 valence electrons. The Morgan fingerprint density at radius 2 is 2.21 bits per heavy atom. The summed E-state index contributed by atoms with van der Waals surface area (Å²) in [5, 5.41) is 11.5. The van der Waals surface area contributed by atoms with Crippen molar-refractivity contribution in [1.82, 2.24) is 15.2 Å². The van der Waals surface area contributed by atoms with Crippen LogP contribution in [0.2, 0.25) is 0 Å². The average molecular weight is 263 g/mol. The van der Waals surface area contributed by atoms with Crippen molar-refractivity contribution >= 4 is 11.9 Å². The maximum Gasteiger partial charge on any atom is 0.303 e. The van der Waals surface area contributed by atoms with Gasteiger partial charge in [0.15, 0.2) is 0 Å². The molecule has 1 aromatic heterocycles. The number of piperazine rings is 1. The summed E-state index contributed by atoms with van der Waals surface area (Å²) >= 11 is 0. The van der Waals surface area contributed by atoms with Gasteiger partial charge in [0.1, 0.15) is 0 Å². The normalized spacial score (nSPS) is 20.0. The molecule has 1 fully saturated rings. The molecule has 0 saturated carbocycles. The van der Waals surface area contributed by atoms with Crippen LogP contribution in [0.25, 0.3) is 0 Å². The Balaban J connectivity index is 2.02. The van der Waals surface area contributed by atoms with Crippen molar-refractivity contribution in [2.24, 2.45) is 0 Å². The standard InChI is InChI=1S/C13H17N3O3/c17-12(18)2-1-11-13(19)15-7-8-16(11)9-10-3-5-14-6-4-10/h3-6,11H,1-2,7-9H2,(H,15,19)(H,17,18). The number of carboxylic acid groups (broad SMARTS) is 1. The van der Waals surface area contributed by atoms with Crippen molar-refractivity contribution < 1.29 is 14.7 Å². The van der Waals surface area contributed by atoms with E-state index < -0.39 is 5.97 Å². The maximum absolute atomic E-state index is 11.8. The zero-order chi connectivity index (χ0) is 13.7. The second-order valence-electron chi connectivity index (χ2n) is 4.57. The van der Waals surface area contributed by atoms with Gasteiger partial charge < -0.3 is 10.4 Å². The molecule has 6 nitrogen and oxygen atoms in total. The van der Waals surface area contributed by atoms with Gasteiger partial charge in [-0.15, -0.1) is 0 Å². The summed E-state index contributed by atoms with van der Waals surface area (Å²) in [6.45, 7) is 1.98. The van der Waals surface area contributed by atoms with E-state index in [1.165, 1.54) is 0 Å². The Labute approximate surface area is 111 Å². The van der Waals surface area contributed by atoms with Crippen molar-refractivity contribution in [1.29, 1.82) is 0 Å². The van der Waals surface area contributed by atoms with Crippen LogP contribution in [0.1, 0.15) is 18.4 Å². The van der Waals surface area contributed by atoms with Crippen molar-refractivity contribution in [3.63, 3.8) is 0 Å². The van der Waals surface area contributed by atoms with Gasteiger partial charge in [-0.3, -0.25) is 19.5 Å². The van der Waals surface area contributed by atoms with Crippen LogP contribution in [-0.4, -0.2) is 46.0 Å². The highest BCUT2D eigenvalue weighted by atomic mass is 16.4. The minimum atomic E-state index is -0.873. The van der Waals surface area contributed by atoms with Gasteiger partial charge in [-0.1, -0.05) is 0 Å². The molecule has 6 heteroatoms. The highest BCUT2D eigenvalue weighted by Crippen LogP contribution is 2.14. The molecule has 1 unspecified atom stereocenters. The van der Waals surface area contributed by atoms with Gasteiger partial charge in [0.25, 0.3) is 0 Å². The van der Waals surface area contributed by atoms with Gasteiger partial charge in [0.2, 0.25) is 5.91 Å². The van der Waals surface area contributed by atoms with E-state index in [0.29, 0.717) is 19.5 Å². The van der Waals surface area contributed by atoms with Crippen LogP contribution in [0.3, 0.4) is 0 Å². The van der Waals surface area contributed by atoms with E-state index in [0.717, 1.165) is 12.1 Å². The van der Waals surface area contributed by atoms with Gasteiger partial charge >= 0.3 is 5.97 Å². The highest BCUT2D eigenvalue weighted by molar-refractivity contribution is 5.83. The average Bonchev–Trinajstić information content (AvgIpc) is 2.39. The second kappa shape index (κ2) is 6.29. The summed E-state index contributed by atoms with van der Waals surface area (Å²) in [4.78, 5) is 28.5. The van der Waals surface area contributed by atoms with Gasteiger partial charge in [-0.2, -0.15) is 0 Å². The number of pyridine rings is 1. The molecule has 1 atom stereocenters. The van der Waals surface area contributed by atoms with E-state index in [2.05, 4.69) is 10.3 Å². The number of carboxylic acids is 1. The second-order valence-corrected chi connectivity index (χ2v) is 4.57. The van der Waals surface area contributed by atoms with E-state index in [-0.39, 0.29) is 18.4 Å². The molecule has 1 saturated heterocycles. The van der Waals surface area contributed by atoms with E-state index in [1.54, 1.807) is 12.4 Å². The number of aliphatic carboxylic acids is 1. The van der Waals surface area contributed by atoms with E-state index in [9.17, 15) is 9.59 Å². The smallest absolute Gasteiger partial charge is 0.303 e. The van der Waals surface area contributed by atoms with Crippen LogP contribution in [0.5, 0.6) is 0 Å². The molecule has 0 spiro atoms. The number of nitrogens with one attached hydrogen (secondary N) is 1. The van der Waals surface area contributed by atoms with E-state index in [4.69, 9.17) is 5.11 Å². The maximum atomic E-state index is 11.8. The molecule has 2 rings (SSSR count). The lowest BCUT2D eigenvalue weighted by atomic mass is 10.1. The van der Waals surface area contributed by atoms with Gasteiger partial charge in [-0.25, -0.2) is 0 Å². The number of hydrogen-bond donors (Lipinski definition) is 2. The minimum Gasteiger partial charge on any atom is -0.481 e. The SMILES string of the molecule is O=C(O)CCC1C(=O)NCCN1Cc1ccncc1. The van der Waals surface area contributed by atoms with Crippen molar-refractivity contribution in [3.05, 3.63) is 30.1 Å². The quantitative estimate of drug-likeness (QED) is 0.795. The first-order valence-corrected chi connectivity index (χ1v) is 6.29. The number of hydrogen-bond acceptors (Lipinski definition) is 4. The van der Waals surface area contributed by atoms with Crippen molar-refractivity contribution in [3.8, 4) is 0 Å². The van der Waals surface area contributed by atoms with Crippen LogP contribution in [0.15, 0.2) is 24.5 Å². The molecule has 0 aromatic carbocycles. The molecule has 2 heterocycles. The number of carbonyl (C=O) groups excluding carboxylic acids is 1. The Morgan fingerprint density at radius 1 is 1.47 bits per heavy atom. The summed E-state index contributed by atoms with van der Waals surface area (Å²) < 4.78 is 0. The monoisotopic (exact) mass is 263 g/mol.